The molecule has 1 unspecified atom stereocenters. The molecular weight excluding hydrogens is 286 g/mol. The van der Waals surface area contributed by atoms with Crippen molar-refractivity contribution in [3.05, 3.63) is 11.6 Å². The molecule has 0 bridgehead atoms. The molecule has 0 aromatic heterocycles. The molecule has 0 amide bonds. The number of hydrogen-bond donors (Lipinski definition) is 2. The lowest BCUT2D eigenvalue weighted by molar-refractivity contribution is -0.0852. The van der Waals surface area contributed by atoms with Crippen LogP contribution in [0.25, 0.3) is 0 Å². The Morgan fingerprint density at radius 1 is 1.39 bits per heavy atom. The van der Waals surface area contributed by atoms with Gasteiger partial charge in [0.25, 0.3) is 0 Å². The highest BCUT2D eigenvalue weighted by atomic mass is 16.4. The maximum atomic E-state index is 11.2. The van der Waals surface area contributed by atoms with Crippen LogP contribution in [0, 0.1) is 41.4 Å². The number of aliphatic hydroxyl groups is 1. The minimum atomic E-state index is -2.28. The van der Waals surface area contributed by atoms with Crippen molar-refractivity contribution in [2.75, 3.05) is 0 Å². The minimum absolute atomic E-state index is 0.0689. The largest absolute Gasteiger partial charge is 0.411 e. The molecule has 3 fully saturated rings. The fourth-order valence-electron chi connectivity index (χ4n) is 5.09. The summed E-state index contributed by atoms with van der Waals surface area (Å²) in [5.41, 5.74) is -3.75. The van der Waals surface area contributed by atoms with E-state index in [1.165, 1.54) is 0 Å². The average molecular weight is 321 g/mol. The van der Waals surface area contributed by atoms with Crippen molar-refractivity contribution in [2.45, 2.75) is 63.7 Å². The lowest BCUT2D eigenvalue weighted by Crippen LogP contribution is -2.52. The Morgan fingerprint density at radius 3 is 2.96 bits per heavy atom. The van der Waals surface area contributed by atoms with Crippen LogP contribution in [0.5, 0.6) is 0 Å². The first-order chi connectivity index (χ1) is 14.0. The fraction of sp³-hybridized carbons (Fsp3) is 0.750. The van der Waals surface area contributed by atoms with Crippen molar-refractivity contribution in [1.29, 1.82) is 0 Å². The molecule has 0 saturated heterocycles. The first-order valence-electron chi connectivity index (χ1n) is 12.2. The van der Waals surface area contributed by atoms with Crippen LogP contribution >= 0.6 is 0 Å². The highest BCUT2D eigenvalue weighted by molar-refractivity contribution is 5.96. The monoisotopic (exact) mass is 321 g/mol. The van der Waals surface area contributed by atoms with E-state index < -0.39 is 72.0 Å². The average Bonchev–Trinajstić information content (AvgIpc) is 2.77. The zero-order chi connectivity index (χ0) is 23.4. The molecule has 0 aromatic carbocycles. The van der Waals surface area contributed by atoms with Gasteiger partial charge in [-0.05, 0) is 80.9 Å². The van der Waals surface area contributed by atoms with Gasteiger partial charge in [0.05, 0.1) is 7.08 Å². The summed E-state index contributed by atoms with van der Waals surface area (Å²) in [6.45, 7) is 1.74. The highest BCUT2D eigenvalue weighted by Crippen LogP contribution is 2.64. The van der Waals surface area contributed by atoms with Gasteiger partial charge in [0.15, 0.2) is 0 Å². The number of terminal acetylenes is 1. The van der Waals surface area contributed by atoms with Crippen molar-refractivity contribution >= 4 is 5.71 Å². The molecule has 0 radical (unpaired) electrons. The van der Waals surface area contributed by atoms with Gasteiger partial charge in [0.2, 0.25) is 0 Å². The molecule has 23 heavy (non-hydrogen) atoms. The summed E-state index contributed by atoms with van der Waals surface area (Å²) in [6.07, 6.45) is -0.862. The Morgan fingerprint density at radius 2 is 2.22 bits per heavy atom. The van der Waals surface area contributed by atoms with Gasteiger partial charge in [-0.25, -0.2) is 0 Å². The van der Waals surface area contributed by atoms with Crippen molar-refractivity contribution < 1.29 is 21.3 Å². The first-order valence-corrected chi connectivity index (χ1v) is 8.17. The van der Waals surface area contributed by atoms with E-state index in [2.05, 4.69) is 11.1 Å². The molecule has 124 valence electrons. The van der Waals surface area contributed by atoms with E-state index >= 15 is 0 Å². The quantitative estimate of drug-likeness (QED) is 0.405. The van der Waals surface area contributed by atoms with Crippen LogP contribution in [0.4, 0.5) is 0 Å². The topological polar surface area (TPSA) is 52.8 Å². The third-order valence-corrected chi connectivity index (χ3v) is 6.51. The molecular formula is C20H27NO2. The second kappa shape index (κ2) is 5.11. The molecule has 0 heterocycles. The van der Waals surface area contributed by atoms with Crippen LogP contribution in [0.1, 0.15) is 69.1 Å². The summed E-state index contributed by atoms with van der Waals surface area (Å²) in [5, 5.41) is 23.4. The number of nitrogens with zero attached hydrogens (tertiary/aromatic N) is 1. The standard InChI is InChI=1S/C20H27NO2/c1-3-20(22)11-9-18-17-6-4-13-12-14(21-23)5-7-15(13)16(17)8-10-19(18,20)2/h1,12,15-18,22-23H,4-11H2,2H3/b21-14+/t15-,16+,17?,18-,19-,20-/m0/s1/i4D2,5D2,11D2,12D,15D. The number of rotatable bonds is 0. The SMILES string of the molecule is [2H]C1=C2C([2H])([2H])CC3[C@H](CC[C@@]4(C)[C@H]3CC([2H])([2H])[C@@]4(O)C#C)[C@@]2([2H])CC([2H])([2H])/C1=N\O. The van der Waals surface area contributed by atoms with E-state index in [0.717, 1.165) is 0 Å². The van der Waals surface area contributed by atoms with Crippen molar-refractivity contribution in [2.24, 2.45) is 34.2 Å². The Hall–Kier alpha value is -1.27. The van der Waals surface area contributed by atoms with Gasteiger partial charge >= 0.3 is 0 Å². The third-order valence-electron chi connectivity index (χ3n) is 6.51. The number of allylic oxidation sites excluding steroid dienone is 2. The third kappa shape index (κ3) is 1.97. The summed E-state index contributed by atoms with van der Waals surface area (Å²) in [5.74, 6) is -0.995. The second-order valence-electron chi connectivity index (χ2n) is 7.28. The molecule has 6 atom stereocenters. The predicted octanol–water partition coefficient (Wildman–Crippen LogP) is 3.75. The van der Waals surface area contributed by atoms with E-state index in [-0.39, 0.29) is 18.4 Å². The van der Waals surface area contributed by atoms with Crippen molar-refractivity contribution in [3.63, 3.8) is 0 Å². The zero-order valence-electron chi connectivity index (χ0n) is 21.2. The van der Waals surface area contributed by atoms with Gasteiger partial charge in [-0.3, -0.25) is 0 Å². The van der Waals surface area contributed by atoms with Gasteiger partial charge < -0.3 is 10.3 Å². The van der Waals surface area contributed by atoms with Crippen LogP contribution in [0.15, 0.2) is 16.8 Å². The Kier molecular flexibility index (Phi) is 1.94. The van der Waals surface area contributed by atoms with E-state index in [9.17, 15) is 11.7 Å². The summed E-state index contributed by atoms with van der Waals surface area (Å²) in [7, 11) is 0. The lowest BCUT2D eigenvalue weighted by atomic mass is 9.50. The molecule has 0 aromatic rings. The van der Waals surface area contributed by atoms with Crippen LogP contribution in [0.2, 0.25) is 0 Å². The molecule has 0 spiro atoms. The summed E-state index contributed by atoms with van der Waals surface area (Å²) in [4.78, 5) is 0. The van der Waals surface area contributed by atoms with Crippen molar-refractivity contribution in [3.8, 4) is 12.3 Å². The molecule has 2 N–H and O–H groups in total. The van der Waals surface area contributed by atoms with E-state index in [1.54, 1.807) is 6.92 Å². The maximum absolute atomic E-state index is 11.2. The first kappa shape index (κ1) is 8.72. The molecule has 0 aliphatic heterocycles. The number of hydrogen-bond acceptors (Lipinski definition) is 3. The van der Waals surface area contributed by atoms with Gasteiger partial charge in [-0.2, -0.15) is 0 Å². The predicted molar refractivity (Wildman–Crippen MR) is 90.1 cm³/mol. The smallest absolute Gasteiger partial charge is 0.130 e. The van der Waals surface area contributed by atoms with Gasteiger partial charge in [-0.15, -0.1) is 6.42 Å². The maximum Gasteiger partial charge on any atom is 0.130 e. The summed E-state index contributed by atoms with van der Waals surface area (Å²) < 4.78 is 68.5. The molecule has 3 saturated carbocycles. The van der Waals surface area contributed by atoms with Crippen LogP contribution in [-0.2, 0) is 0 Å². The number of fused-ring (bicyclic) bond motifs is 5. The Balaban J connectivity index is 1.89. The summed E-state index contributed by atoms with van der Waals surface area (Å²) >= 11 is 0. The molecule has 4 aliphatic carbocycles. The van der Waals surface area contributed by atoms with Gasteiger partial charge in [-0.1, -0.05) is 23.6 Å². The van der Waals surface area contributed by atoms with E-state index in [0.29, 0.717) is 12.8 Å². The normalized spacial score (nSPS) is 65.8. The molecule has 4 rings (SSSR count). The van der Waals surface area contributed by atoms with E-state index in [4.69, 9.17) is 16.0 Å². The fourth-order valence-corrected chi connectivity index (χ4v) is 5.09. The van der Waals surface area contributed by atoms with Crippen LogP contribution < -0.4 is 0 Å². The van der Waals surface area contributed by atoms with Crippen molar-refractivity contribution in [1.82, 2.24) is 0 Å². The van der Waals surface area contributed by atoms with E-state index in [1.807, 2.05) is 0 Å². The second-order valence-corrected chi connectivity index (χ2v) is 7.28. The molecule has 3 heteroatoms. The molecule has 4 aliphatic rings. The molecule has 3 nitrogen and oxygen atoms in total. The van der Waals surface area contributed by atoms with Crippen LogP contribution in [0.3, 0.4) is 0 Å². The summed E-state index contributed by atoms with van der Waals surface area (Å²) in [6, 6.07) is -0.563. The Labute approximate surface area is 150 Å². The van der Waals surface area contributed by atoms with Gasteiger partial charge in [0.1, 0.15) is 5.60 Å². The lowest BCUT2D eigenvalue weighted by Gasteiger charge is -2.54. The van der Waals surface area contributed by atoms with Crippen LogP contribution in [-0.4, -0.2) is 21.6 Å². The van der Waals surface area contributed by atoms with Gasteiger partial charge in [0, 0.05) is 15.0 Å². The Bertz CT molecular complexity index is 940. The number of oxime groups is 1. The minimum Gasteiger partial charge on any atom is -0.411 e. The zero-order valence-corrected chi connectivity index (χ0v) is 13.2. The highest BCUT2D eigenvalue weighted by Gasteiger charge is 2.61.